The number of aromatic nitrogens is 3. The van der Waals surface area contributed by atoms with E-state index in [-0.39, 0.29) is 5.91 Å². The number of nitrogens with one attached hydrogen (secondary N) is 1. The molecule has 0 radical (unpaired) electrons. The van der Waals surface area contributed by atoms with E-state index in [0.29, 0.717) is 16.7 Å². The van der Waals surface area contributed by atoms with Gasteiger partial charge in [0.2, 0.25) is 5.91 Å². The van der Waals surface area contributed by atoms with Crippen LogP contribution >= 0.6 is 12.2 Å². The van der Waals surface area contributed by atoms with E-state index in [0.717, 1.165) is 31.8 Å². The lowest BCUT2D eigenvalue weighted by molar-refractivity contribution is -0.131. The fourth-order valence-corrected chi connectivity index (χ4v) is 3.61. The summed E-state index contributed by atoms with van der Waals surface area (Å²) < 4.78 is 2.41. The van der Waals surface area contributed by atoms with Gasteiger partial charge in [0.15, 0.2) is 4.77 Å². The topological polar surface area (TPSA) is 53.9 Å². The Kier molecular flexibility index (Phi) is 3.67. The summed E-state index contributed by atoms with van der Waals surface area (Å²) in [6.45, 7) is 4.29. The van der Waals surface area contributed by atoms with Gasteiger partial charge in [-0.05, 0) is 43.3 Å². The molecule has 0 unspecified atom stereocenters. The number of aryl methyl sites for hydroxylation is 1. The maximum absolute atomic E-state index is 12.5. The van der Waals surface area contributed by atoms with Crippen LogP contribution < -0.4 is 0 Å². The zero-order valence-electron chi connectivity index (χ0n) is 12.0. The van der Waals surface area contributed by atoms with Crippen LogP contribution in [-0.2, 0) is 17.8 Å². The molecule has 1 saturated carbocycles. The van der Waals surface area contributed by atoms with Crippen LogP contribution in [0.15, 0.2) is 0 Å². The van der Waals surface area contributed by atoms with Gasteiger partial charge in [0.1, 0.15) is 12.4 Å². The maximum atomic E-state index is 12.5. The first-order chi connectivity index (χ1) is 9.63. The van der Waals surface area contributed by atoms with Gasteiger partial charge in [-0.1, -0.05) is 13.3 Å². The highest BCUT2D eigenvalue weighted by Gasteiger charge is 2.43. The lowest BCUT2D eigenvalue weighted by Crippen LogP contribution is -2.37. The molecule has 1 aromatic rings. The summed E-state index contributed by atoms with van der Waals surface area (Å²) in [5, 5.41) is 7.02. The van der Waals surface area contributed by atoms with Crippen molar-refractivity contribution in [3.8, 4) is 0 Å². The number of hydrogen-bond acceptors (Lipinski definition) is 3. The van der Waals surface area contributed by atoms with Gasteiger partial charge < -0.3 is 4.90 Å². The zero-order chi connectivity index (χ0) is 14.2. The molecule has 2 heterocycles. The van der Waals surface area contributed by atoms with Crippen molar-refractivity contribution >= 4 is 18.1 Å². The first kappa shape index (κ1) is 13.8. The summed E-state index contributed by atoms with van der Waals surface area (Å²) in [5.41, 5.74) is 0.458. The fourth-order valence-electron chi connectivity index (χ4n) is 3.40. The van der Waals surface area contributed by atoms with Crippen molar-refractivity contribution in [2.75, 3.05) is 13.1 Å². The number of H-pyrrole nitrogens is 1. The molecule has 1 amide bonds. The molecule has 20 heavy (non-hydrogen) atoms. The smallest absolute Gasteiger partial charge is 0.242 e. The Labute approximate surface area is 124 Å². The Morgan fingerprint density at radius 3 is 2.85 bits per heavy atom. The predicted octanol–water partition coefficient (Wildman–Crippen LogP) is 2.30. The fraction of sp³-hybridized carbons (Fsp3) is 0.786. The third kappa shape index (κ3) is 2.41. The van der Waals surface area contributed by atoms with E-state index in [4.69, 9.17) is 12.2 Å². The Morgan fingerprint density at radius 1 is 1.45 bits per heavy atom. The first-order valence-electron chi connectivity index (χ1n) is 7.55. The predicted molar refractivity (Wildman–Crippen MR) is 78.9 cm³/mol. The number of hydrogen-bond donors (Lipinski definition) is 1. The molecule has 1 N–H and O–H groups in total. The Morgan fingerprint density at radius 2 is 2.25 bits per heavy atom. The average molecular weight is 294 g/mol. The monoisotopic (exact) mass is 294 g/mol. The first-order valence-corrected chi connectivity index (χ1v) is 7.96. The van der Waals surface area contributed by atoms with Crippen LogP contribution in [0.3, 0.4) is 0 Å². The molecule has 1 aliphatic heterocycles. The van der Waals surface area contributed by atoms with Crippen molar-refractivity contribution in [2.45, 2.75) is 52.0 Å². The molecule has 1 aliphatic carbocycles. The van der Waals surface area contributed by atoms with Crippen LogP contribution in [0, 0.1) is 10.2 Å². The van der Waals surface area contributed by atoms with Gasteiger partial charge in [0, 0.05) is 19.5 Å². The highest BCUT2D eigenvalue weighted by atomic mass is 32.1. The number of nitrogens with zero attached hydrogens (tertiary/aromatic N) is 3. The van der Waals surface area contributed by atoms with Crippen LogP contribution in [-0.4, -0.2) is 38.7 Å². The largest absolute Gasteiger partial charge is 0.341 e. The van der Waals surface area contributed by atoms with Gasteiger partial charge in [0.05, 0.1) is 0 Å². The van der Waals surface area contributed by atoms with E-state index in [1.54, 1.807) is 0 Å². The van der Waals surface area contributed by atoms with E-state index in [1.807, 2.05) is 9.47 Å². The van der Waals surface area contributed by atoms with Gasteiger partial charge in [0.25, 0.3) is 0 Å². The molecule has 6 heteroatoms. The van der Waals surface area contributed by atoms with Gasteiger partial charge in [-0.3, -0.25) is 14.5 Å². The van der Waals surface area contributed by atoms with E-state index in [9.17, 15) is 4.79 Å². The molecule has 110 valence electrons. The molecule has 0 aromatic carbocycles. The summed E-state index contributed by atoms with van der Waals surface area (Å²) in [4.78, 5) is 14.5. The lowest BCUT2D eigenvalue weighted by Gasteiger charge is -2.37. The third-order valence-electron chi connectivity index (χ3n) is 4.81. The number of likely N-dealkylation sites (tertiary alicyclic amines) is 1. The molecule has 2 fully saturated rings. The van der Waals surface area contributed by atoms with Crippen LogP contribution in [0.1, 0.15) is 44.9 Å². The Bertz CT molecular complexity index is 558. The standard InChI is InChI=1S/C14H22N4OS/c1-2-4-11-15-16-13(20)18(11)9-12(19)17-8-7-14(10-17)5-3-6-14/h2-10H2,1H3,(H,16,20). The van der Waals surface area contributed by atoms with Gasteiger partial charge in [-0.25, -0.2) is 0 Å². The molecule has 2 aliphatic rings. The molecule has 0 atom stereocenters. The second kappa shape index (κ2) is 5.31. The van der Waals surface area contributed by atoms with E-state index >= 15 is 0 Å². The SMILES string of the molecule is CCCc1n[nH]c(=S)n1CC(=O)N1CCC2(CCC2)C1. The van der Waals surface area contributed by atoms with E-state index < -0.39 is 0 Å². The molecule has 3 rings (SSSR count). The lowest BCUT2D eigenvalue weighted by atomic mass is 9.68. The van der Waals surface area contributed by atoms with Crippen molar-refractivity contribution in [1.29, 1.82) is 0 Å². The summed E-state index contributed by atoms with van der Waals surface area (Å²) >= 11 is 5.23. The van der Waals surface area contributed by atoms with Crippen LogP contribution in [0.4, 0.5) is 0 Å². The molecule has 0 bridgehead atoms. The highest BCUT2D eigenvalue weighted by molar-refractivity contribution is 7.71. The van der Waals surface area contributed by atoms with Crippen molar-refractivity contribution in [3.63, 3.8) is 0 Å². The Hall–Kier alpha value is -1.17. The van der Waals surface area contributed by atoms with Gasteiger partial charge >= 0.3 is 0 Å². The number of amides is 1. The van der Waals surface area contributed by atoms with E-state index in [2.05, 4.69) is 17.1 Å². The summed E-state index contributed by atoms with van der Waals surface area (Å²) in [6, 6.07) is 0. The molecule has 1 saturated heterocycles. The zero-order valence-corrected chi connectivity index (χ0v) is 12.8. The minimum atomic E-state index is 0.184. The molecule has 5 nitrogen and oxygen atoms in total. The second-order valence-electron chi connectivity index (χ2n) is 6.20. The number of aromatic amines is 1. The van der Waals surface area contributed by atoms with Crippen molar-refractivity contribution < 1.29 is 4.79 Å². The molecular weight excluding hydrogens is 272 g/mol. The van der Waals surface area contributed by atoms with E-state index in [1.165, 1.54) is 25.7 Å². The molecule has 1 aromatic heterocycles. The Balaban J connectivity index is 1.67. The average Bonchev–Trinajstić information content (AvgIpc) is 2.97. The summed E-state index contributed by atoms with van der Waals surface area (Å²) in [6.07, 6.45) is 6.95. The number of carbonyl (C=O) groups excluding carboxylic acids is 1. The minimum absolute atomic E-state index is 0.184. The van der Waals surface area contributed by atoms with Crippen LogP contribution in [0.2, 0.25) is 0 Å². The number of rotatable bonds is 4. The molecule has 1 spiro atoms. The second-order valence-corrected chi connectivity index (χ2v) is 6.59. The van der Waals surface area contributed by atoms with Gasteiger partial charge in [-0.2, -0.15) is 5.10 Å². The quantitative estimate of drug-likeness (QED) is 0.867. The maximum Gasteiger partial charge on any atom is 0.242 e. The van der Waals surface area contributed by atoms with Crippen molar-refractivity contribution in [2.24, 2.45) is 5.41 Å². The van der Waals surface area contributed by atoms with Crippen LogP contribution in [0.5, 0.6) is 0 Å². The summed E-state index contributed by atoms with van der Waals surface area (Å²) in [7, 11) is 0. The van der Waals surface area contributed by atoms with Crippen molar-refractivity contribution in [1.82, 2.24) is 19.7 Å². The van der Waals surface area contributed by atoms with Crippen molar-refractivity contribution in [3.05, 3.63) is 10.6 Å². The third-order valence-corrected chi connectivity index (χ3v) is 5.12. The minimum Gasteiger partial charge on any atom is -0.341 e. The van der Waals surface area contributed by atoms with Crippen LogP contribution in [0.25, 0.3) is 0 Å². The number of carbonyl (C=O) groups is 1. The highest BCUT2D eigenvalue weighted by Crippen LogP contribution is 2.47. The normalized spacial score (nSPS) is 20.4. The van der Waals surface area contributed by atoms with Gasteiger partial charge in [-0.15, -0.1) is 0 Å². The molecular formula is C14H22N4OS. The summed E-state index contributed by atoms with van der Waals surface area (Å²) in [5.74, 6) is 1.08.